The predicted molar refractivity (Wildman–Crippen MR) is 42.7 cm³/mol. The third kappa shape index (κ3) is 2.06. The number of benzene rings is 1. The van der Waals surface area contributed by atoms with Gasteiger partial charge in [0.25, 0.3) is 0 Å². The highest BCUT2D eigenvalue weighted by molar-refractivity contribution is 6.66. The van der Waals surface area contributed by atoms with Gasteiger partial charge >= 0.3 is 0 Å². The Morgan fingerprint density at radius 1 is 1.30 bits per heavy atom. The van der Waals surface area contributed by atoms with Crippen LogP contribution in [0.2, 0.25) is 0 Å². The van der Waals surface area contributed by atoms with Crippen molar-refractivity contribution >= 4 is 13.5 Å². The van der Waals surface area contributed by atoms with E-state index >= 15 is 0 Å². The number of carbonyl (C=O) groups is 1. The normalized spacial score (nSPS) is 8.80. The Balaban J connectivity index is 2.50. The van der Waals surface area contributed by atoms with Crippen LogP contribution < -0.4 is 0 Å². The summed E-state index contributed by atoms with van der Waals surface area (Å²) in [6.07, 6.45) is 1.57. The first-order chi connectivity index (χ1) is 4.93. The topological polar surface area (TPSA) is 17.1 Å². The summed E-state index contributed by atoms with van der Waals surface area (Å²) < 4.78 is 0. The van der Waals surface area contributed by atoms with Gasteiger partial charge in [0, 0.05) is 0 Å². The van der Waals surface area contributed by atoms with Crippen LogP contribution in [0.1, 0.15) is 5.56 Å². The third-order valence-corrected chi connectivity index (χ3v) is 1.29. The van der Waals surface area contributed by atoms with Gasteiger partial charge in [-0.2, -0.15) is 0 Å². The number of rotatable bonds is 3. The Kier molecular flexibility index (Phi) is 2.74. The minimum Gasteiger partial charge on any atom is -0.316 e. The monoisotopic (exact) mass is 131 g/mol. The fourth-order valence-corrected chi connectivity index (χ4v) is 0.798. The molecular formula is C8H8BO. The molecule has 0 aliphatic heterocycles. The molecule has 10 heavy (non-hydrogen) atoms. The maximum atomic E-state index is 9.92. The Bertz CT molecular complexity index is 196. The van der Waals surface area contributed by atoms with E-state index in [4.69, 9.17) is 0 Å². The average molecular weight is 131 g/mol. The Morgan fingerprint density at radius 2 is 2.00 bits per heavy atom. The van der Waals surface area contributed by atoms with E-state index in [2.05, 4.69) is 0 Å². The molecule has 0 aliphatic carbocycles. The van der Waals surface area contributed by atoms with Crippen LogP contribution in [0, 0.1) is 0 Å². The number of hydrogen-bond acceptors (Lipinski definition) is 1. The second-order valence-corrected chi connectivity index (χ2v) is 2.06. The van der Waals surface area contributed by atoms with Crippen LogP contribution in [0.15, 0.2) is 30.3 Å². The van der Waals surface area contributed by atoms with Gasteiger partial charge in [0.15, 0.2) is 0 Å². The summed E-state index contributed by atoms with van der Waals surface area (Å²) in [7, 11) is 1.61. The van der Waals surface area contributed by atoms with E-state index in [1.54, 1.807) is 7.28 Å². The minimum absolute atomic E-state index is 0.740. The van der Waals surface area contributed by atoms with E-state index in [0.29, 0.717) is 0 Å². The van der Waals surface area contributed by atoms with Gasteiger partial charge in [-0.25, -0.2) is 0 Å². The fourth-order valence-electron chi connectivity index (χ4n) is 0.798. The predicted octanol–water partition coefficient (Wildman–Crippen LogP) is 1.08. The molecule has 0 saturated carbocycles. The quantitative estimate of drug-likeness (QED) is 0.443. The van der Waals surface area contributed by atoms with Crippen LogP contribution in [-0.2, 0) is 11.1 Å². The molecule has 0 saturated heterocycles. The first-order valence-corrected chi connectivity index (χ1v) is 3.24. The second-order valence-electron chi connectivity index (χ2n) is 2.06. The molecule has 1 aromatic rings. The van der Waals surface area contributed by atoms with Crippen molar-refractivity contribution in [3.8, 4) is 0 Å². The van der Waals surface area contributed by atoms with Crippen LogP contribution in [0.25, 0.3) is 0 Å². The summed E-state index contributed by atoms with van der Waals surface area (Å²) in [5.41, 5.74) is 1.18. The highest BCUT2D eigenvalue weighted by atomic mass is 16.1. The van der Waals surface area contributed by atoms with Gasteiger partial charge < -0.3 is 4.79 Å². The summed E-state index contributed by atoms with van der Waals surface area (Å²) in [4.78, 5) is 9.92. The smallest absolute Gasteiger partial charge is 0.202 e. The van der Waals surface area contributed by atoms with Crippen LogP contribution in [0.3, 0.4) is 0 Å². The van der Waals surface area contributed by atoms with E-state index in [1.807, 2.05) is 30.3 Å². The largest absolute Gasteiger partial charge is 0.316 e. The molecule has 0 aliphatic rings. The second kappa shape index (κ2) is 3.88. The maximum Gasteiger partial charge on any atom is 0.202 e. The first-order valence-electron chi connectivity index (χ1n) is 3.24. The molecule has 49 valence electrons. The highest BCUT2D eigenvalue weighted by Gasteiger charge is 1.89. The molecule has 0 spiro atoms. The number of hydrogen-bond donors (Lipinski definition) is 0. The Morgan fingerprint density at radius 3 is 2.60 bits per heavy atom. The molecule has 0 atom stereocenters. The van der Waals surface area contributed by atoms with Crippen molar-refractivity contribution in [2.45, 2.75) is 6.32 Å². The molecule has 0 fully saturated rings. The van der Waals surface area contributed by atoms with E-state index < -0.39 is 0 Å². The molecule has 1 rings (SSSR count). The maximum absolute atomic E-state index is 9.92. The van der Waals surface area contributed by atoms with Crippen LogP contribution in [0.4, 0.5) is 0 Å². The lowest BCUT2D eigenvalue weighted by Gasteiger charge is -1.92. The standard InChI is InChI=1S/C8H8BO/c10-7-9-6-8-4-2-1-3-5-8/h1-5,7H,6H2. The first kappa shape index (κ1) is 7.07. The highest BCUT2D eigenvalue weighted by Crippen LogP contribution is 1.96. The van der Waals surface area contributed by atoms with E-state index in [-0.39, 0.29) is 0 Å². The zero-order valence-electron chi connectivity index (χ0n) is 5.66. The summed E-state index contributed by atoms with van der Waals surface area (Å²) in [5, 5.41) is 0. The van der Waals surface area contributed by atoms with Gasteiger partial charge in [-0.3, -0.25) is 0 Å². The Labute approximate surface area is 61.3 Å². The van der Waals surface area contributed by atoms with Crippen molar-refractivity contribution < 1.29 is 4.79 Å². The molecule has 0 aromatic heterocycles. The fraction of sp³-hybridized carbons (Fsp3) is 0.125. The van der Waals surface area contributed by atoms with Gasteiger partial charge in [0.05, 0.1) is 6.19 Å². The van der Waals surface area contributed by atoms with E-state index in [9.17, 15) is 4.79 Å². The van der Waals surface area contributed by atoms with Crippen molar-refractivity contribution in [2.24, 2.45) is 0 Å². The lowest BCUT2D eigenvalue weighted by molar-refractivity contribution is 0.568. The molecule has 0 N–H and O–H groups in total. The molecule has 0 unspecified atom stereocenters. The van der Waals surface area contributed by atoms with Crippen molar-refractivity contribution in [3.63, 3.8) is 0 Å². The van der Waals surface area contributed by atoms with Crippen molar-refractivity contribution in [1.29, 1.82) is 0 Å². The lowest BCUT2D eigenvalue weighted by Crippen LogP contribution is -1.96. The lowest BCUT2D eigenvalue weighted by atomic mass is 9.74. The average Bonchev–Trinajstić information content (AvgIpc) is 2.03. The van der Waals surface area contributed by atoms with Gasteiger partial charge in [0.1, 0.15) is 0 Å². The zero-order valence-corrected chi connectivity index (χ0v) is 5.66. The van der Waals surface area contributed by atoms with E-state index in [0.717, 1.165) is 12.5 Å². The molecule has 0 heterocycles. The van der Waals surface area contributed by atoms with Gasteiger partial charge in [0.2, 0.25) is 7.28 Å². The van der Waals surface area contributed by atoms with Gasteiger partial charge in [-0.05, 0) is 6.32 Å². The molecule has 1 nitrogen and oxygen atoms in total. The molecule has 1 radical (unpaired) electrons. The molecule has 1 aromatic carbocycles. The Hall–Kier alpha value is -1.05. The van der Waals surface area contributed by atoms with Gasteiger partial charge in [-0.15, -0.1) is 0 Å². The summed E-state index contributed by atoms with van der Waals surface area (Å²) >= 11 is 0. The summed E-state index contributed by atoms with van der Waals surface area (Å²) in [6.45, 7) is 0. The summed E-state index contributed by atoms with van der Waals surface area (Å²) in [6, 6.07) is 9.90. The van der Waals surface area contributed by atoms with E-state index in [1.165, 1.54) is 5.56 Å². The molecule has 0 amide bonds. The third-order valence-electron chi connectivity index (χ3n) is 1.29. The minimum atomic E-state index is 0.740. The molecular weight excluding hydrogens is 123 g/mol. The van der Waals surface area contributed by atoms with Gasteiger partial charge in [-0.1, -0.05) is 35.9 Å². The SMILES string of the molecule is O=C[B]Cc1ccccc1. The number of carbonyl (C=O) groups excluding carboxylic acids is 1. The molecule has 2 heteroatoms. The van der Waals surface area contributed by atoms with Crippen LogP contribution in [-0.4, -0.2) is 13.5 Å². The zero-order chi connectivity index (χ0) is 7.23. The van der Waals surface area contributed by atoms with Crippen molar-refractivity contribution in [1.82, 2.24) is 0 Å². The van der Waals surface area contributed by atoms with Crippen LogP contribution in [0.5, 0.6) is 0 Å². The molecule has 0 bridgehead atoms. The van der Waals surface area contributed by atoms with Crippen molar-refractivity contribution in [2.75, 3.05) is 0 Å². The summed E-state index contributed by atoms with van der Waals surface area (Å²) in [5.74, 6) is 0. The van der Waals surface area contributed by atoms with Crippen molar-refractivity contribution in [3.05, 3.63) is 35.9 Å². The van der Waals surface area contributed by atoms with Crippen LogP contribution >= 0.6 is 0 Å².